The van der Waals surface area contributed by atoms with E-state index in [0.29, 0.717) is 58.4 Å². The Kier molecular flexibility index (Phi) is 4.36. The van der Waals surface area contributed by atoms with Gasteiger partial charge in [0.05, 0.1) is 22.9 Å². The van der Waals surface area contributed by atoms with Crippen molar-refractivity contribution < 1.29 is 17.9 Å². The van der Waals surface area contributed by atoms with Gasteiger partial charge in [0.15, 0.2) is 0 Å². The second-order valence-corrected chi connectivity index (χ2v) is 9.88. The average molecular weight is 382 g/mol. The molecule has 0 aromatic carbocycles. The number of amides is 1. The molecule has 144 valence electrons. The number of fused-ring (bicyclic) bond motifs is 2. The lowest BCUT2D eigenvalue weighted by molar-refractivity contribution is -0.122. The van der Waals surface area contributed by atoms with Gasteiger partial charge in [-0.1, -0.05) is 0 Å². The fraction of sp³-hybridized carbons (Fsp3) is 0.765. The van der Waals surface area contributed by atoms with E-state index in [9.17, 15) is 13.2 Å². The van der Waals surface area contributed by atoms with E-state index in [1.165, 1.54) is 0 Å². The quantitative estimate of drug-likeness (QED) is 0.757. The van der Waals surface area contributed by atoms with Crippen molar-refractivity contribution >= 4 is 21.7 Å². The first kappa shape index (κ1) is 17.9. The molecule has 0 N–H and O–H groups in total. The Bertz CT molecular complexity index is 805. The van der Waals surface area contributed by atoms with Crippen LogP contribution < -0.4 is 4.90 Å². The van der Waals surface area contributed by atoms with E-state index in [4.69, 9.17) is 4.74 Å². The average Bonchev–Trinajstić information content (AvgIpc) is 3.04. The van der Waals surface area contributed by atoms with E-state index in [1.54, 1.807) is 16.3 Å². The first-order valence-corrected chi connectivity index (χ1v) is 10.7. The molecule has 4 heterocycles. The summed E-state index contributed by atoms with van der Waals surface area (Å²) in [5.41, 5.74) is 0.465. The number of ether oxygens (including phenoxy) is 1. The summed E-state index contributed by atoms with van der Waals surface area (Å²) < 4.78 is 34.8. The Labute approximate surface area is 154 Å². The third kappa shape index (κ3) is 2.76. The van der Waals surface area contributed by atoms with Gasteiger partial charge in [-0.2, -0.15) is 5.10 Å². The molecule has 1 aromatic rings. The number of hydrogen-bond acceptors (Lipinski definition) is 5. The lowest BCUT2D eigenvalue weighted by Gasteiger charge is -2.46. The number of hydrogen-bond donors (Lipinski definition) is 0. The maximum Gasteiger partial charge on any atom is 0.230 e. The minimum absolute atomic E-state index is 0.0677. The van der Waals surface area contributed by atoms with Gasteiger partial charge in [0.2, 0.25) is 15.9 Å². The standard InChI is InChI=1S/C17H26N4O4S/c1-13-11-15-19(2)16(22)12-17(21(15)18-13)5-7-20(8-6-17)26(23,24)14-3-9-25-10-4-14/h11,14H,3-10,12H2,1-2H3. The van der Waals surface area contributed by atoms with Crippen LogP contribution in [0.5, 0.6) is 0 Å². The first-order valence-electron chi connectivity index (χ1n) is 9.24. The van der Waals surface area contributed by atoms with Crippen LogP contribution >= 0.6 is 0 Å². The van der Waals surface area contributed by atoms with Crippen molar-refractivity contribution in [2.45, 2.75) is 49.8 Å². The summed E-state index contributed by atoms with van der Waals surface area (Å²) in [7, 11) is -1.54. The van der Waals surface area contributed by atoms with Crippen molar-refractivity contribution in [2.24, 2.45) is 0 Å². The molecule has 0 atom stereocenters. The Morgan fingerprint density at radius 1 is 1.23 bits per heavy atom. The molecular weight excluding hydrogens is 356 g/mol. The van der Waals surface area contributed by atoms with Crippen LogP contribution in [0.25, 0.3) is 0 Å². The summed E-state index contributed by atoms with van der Waals surface area (Å²) in [5.74, 6) is 0.873. The van der Waals surface area contributed by atoms with Gasteiger partial charge in [0, 0.05) is 39.4 Å². The van der Waals surface area contributed by atoms with Crippen molar-refractivity contribution in [3.63, 3.8) is 0 Å². The lowest BCUT2D eigenvalue weighted by atomic mass is 9.83. The maximum atomic E-state index is 13.0. The minimum Gasteiger partial charge on any atom is -0.381 e. The van der Waals surface area contributed by atoms with E-state index in [2.05, 4.69) is 5.10 Å². The molecule has 0 aliphatic carbocycles. The number of nitrogens with zero attached hydrogens (tertiary/aromatic N) is 4. The Balaban J connectivity index is 1.56. The number of rotatable bonds is 2. The molecule has 3 aliphatic heterocycles. The monoisotopic (exact) mass is 382 g/mol. The number of carbonyl (C=O) groups is 1. The van der Waals surface area contributed by atoms with E-state index >= 15 is 0 Å². The summed E-state index contributed by atoms with van der Waals surface area (Å²) in [5, 5.41) is 4.29. The Morgan fingerprint density at radius 3 is 2.54 bits per heavy atom. The zero-order valence-corrected chi connectivity index (χ0v) is 16.2. The number of anilines is 1. The Hall–Kier alpha value is -1.45. The van der Waals surface area contributed by atoms with Crippen molar-refractivity contribution in [2.75, 3.05) is 38.3 Å². The van der Waals surface area contributed by atoms with Gasteiger partial charge in [-0.3, -0.25) is 4.79 Å². The van der Waals surface area contributed by atoms with Crippen LogP contribution in [0.2, 0.25) is 0 Å². The molecule has 26 heavy (non-hydrogen) atoms. The smallest absolute Gasteiger partial charge is 0.230 e. The van der Waals surface area contributed by atoms with Gasteiger partial charge in [-0.15, -0.1) is 0 Å². The molecule has 0 radical (unpaired) electrons. The number of aromatic nitrogens is 2. The number of sulfonamides is 1. The molecule has 8 nitrogen and oxygen atoms in total. The van der Waals surface area contributed by atoms with Crippen LogP contribution in [0.1, 0.15) is 37.8 Å². The molecule has 0 unspecified atom stereocenters. The van der Waals surface area contributed by atoms with Crippen molar-refractivity contribution in [3.8, 4) is 0 Å². The van der Waals surface area contributed by atoms with Gasteiger partial charge in [-0.25, -0.2) is 17.4 Å². The predicted molar refractivity (Wildman–Crippen MR) is 96.5 cm³/mol. The number of carbonyl (C=O) groups excluding carboxylic acids is 1. The van der Waals surface area contributed by atoms with E-state index < -0.39 is 15.6 Å². The highest BCUT2D eigenvalue weighted by Crippen LogP contribution is 2.41. The van der Waals surface area contributed by atoms with Gasteiger partial charge >= 0.3 is 0 Å². The highest BCUT2D eigenvalue weighted by molar-refractivity contribution is 7.89. The van der Waals surface area contributed by atoms with E-state index in [0.717, 1.165) is 11.5 Å². The third-order valence-corrected chi connectivity index (χ3v) is 8.46. The molecular formula is C17H26N4O4S. The van der Waals surface area contributed by atoms with Crippen LogP contribution in [-0.2, 0) is 25.1 Å². The summed E-state index contributed by atoms with van der Waals surface area (Å²) in [4.78, 5) is 14.2. The molecule has 1 aromatic heterocycles. The molecule has 0 saturated carbocycles. The zero-order valence-electron chi connectivity index (χ0n) is 15.3. The molecule has 2 saturated heterocycles. The molecule has 1 amide bonds. The molecule has 9 heteroatoms. The van der Waals surface area contributed by atoms with Gasteiger partial charge in [0.1, 0.15) is 5.82 Å². The van der Waals surface area contributed by atoms with Crippen LogP contribution in [0.15, 0.2) is 6.07 Å². The predicted octanol–water partition coefficient (Wildman–Crippen LogP) is 0.858. The highest BCUT2D eigenvalue weighted by atomic mass is 32.2. The number of aryl methyl sites for hydroxylation is 1. The fourth-order valence-corrected chi connectivity index (χ4v) is 6.31. The summed E-state index contributed by atoms with van der Waals surface area (Å²) in [6.07, 6.45) is 2.74. The van der Waals surface area contributed by atoms with Crippen LogP contribution in [0.4, 0.5) is 5.82 Å². The second kappa shape index (κ2) is 6.31. The second-order valence-electron chi connectivity index (χ2n) is 7.67. The maximum absolute atomic E-state index is 13.0. The summed E-state index contributed by atoms with van der Waals surface area (Å²) >= 11 is 0. The van der Waals surface area contributed by atoms with E-state index in [1.807, 2.05) is 17.7 Å². The molecule has 1 spiro atoms. The van der Waals surface area contributed by atoms with Gasteiger partial charge < -0.3 is 9.64 Å². The molecule has 2 fully saturated rings. The largest absolute Gasteiger partial charge is 0.381 e. The van der Waals surface area contributed by atoms with Crippen LogP contribution in [0, 0.1) is 6.92 Å². The van der Waals surface area contributed by atoms with Crippen molar-refractivity contribution in [1.82, 2.24) is 14.1 Å². The molecule has 4 rings (SSSR count). The van der Waals surface area contributed by atoms with Gasteiger partial charge in [-0.05, 0) is 32.6 Å². The zero-order chi connectivity index (χ0) is 18.5. The van der Waals surface area contributed by atoms with Crippen molar-refractivity contribution in [3.05, 3.63) is 11.8 Å². The summed E-state index contributed by atoms with van der Waals surface area (Å²) in [6.45, 7) is 3.82. The summed E-state index contributed by atoms with van der Waals surface area (Å²) in [6, 6.07) is 1.92. The molecule has 0 bridgehead atoms. The minimum atomic E-state index is -3.31. The lowest BCUT2D eigenvalue weighted by Crippen LogP contribution is -2.55. The normalized spacial score (nSPS) is 24.8. The van der Waals surface area contributed by atoms with Crippen molar-refractivity contribution in [1.29, 1.82) is 0 Å². The van der Waals surface area contributed by atoms with Crippen LogP contribution in [-0.4, -0.2) is 67.0 Å². The molecule has 3 aliphatic rings. The number of piperidine rings is 1. The topological polar surface area (TPSA) is 84.7 Å². The Morgan fingerprint density at radius 2 is 1.88 bits per heavy atom. The van der Waals surface area contributed by atoms with Crippen LogP contribution in [0.3, 0.4) is 0 Å². The van der Waals surface area contributed by atoms with E-state index in [-0.39, 0.29) is 11.2 Å². The fourth-order valence-electron chi connectivity index (χ4n) is 4.41. The third-order valence-electron chi connectivity index (χ3n) is 6.06. The first-order chi connectivity index (χ1) is 12.3. The SMILES string of the molecule is Cc1cc2n(n1)C1(CCN(S(=O)(=O)C3CCOCC3)CC1)CC(=O)N2C. The van der Waals surface area contributed by atoms with Gasteiger partial charge in [0.25, 0.3) is 0 Å². The highest BCUT2D eigenvalue weighted by Gasteiger charge is 2.47.